The molecule has 0 aliphatic carbocycles. The van der Waals surface area contributed by atoms with E-state index in [4.69, 9.17) is 38.3 Å². The number of halogens is 1. The van der Waals surface area contributed by atoms with E-state index in [9.17, 15) is 9.59 Å². The van der Waals surface area contributed by atoms with Crippen molar-refractivity contribution in [1.82, 2.24) is 14.5 Å². The van der Waals surface area contributed by atoms with Crippen molar-refractivity contribution < 1.29 is 9.53 Å². The van der Waals surface area contributed by atoms with Crippen LogP contribution in [0.15, 0.2) is 4.79 Å². The highest BCUT2D eigenvalue weighted by atomic mass is 127. The quantitative estimate of drug-likeness (QED) is 0.671. The summed E-state index contributed by atoms with van der Waals surface area (Å²) in [6.45, 7) is 17.4. The Balaban J connectivity index is 2.14. The van der Waals surface area contributed by atoms with Crippen LogP contribution in [0.3, 0.4) is 0 Å². The molecular weight excluding hydrogens is 425 g/mol. The Labute approximate surface area is 155 Å². The summed E-state index contributed by atoms with van der Waals surface area (Å²) < 4.78 is 5.93. The predicted molar refractivity (Wildman–Crippen MR) is 95.8 cm³/mol. The SMILES string of the molecule is [CH]n1c(N2CCCN(C(=O)OC([CH])([CH])[CH])CC2)nc(N)c(I)c1=O. The lowest BCUT2D eigenvalue weighted by Gasteiger charge is -2.26. The van der Waals surface area contributed by atoms with Crippen LogP contribution < -0.4 is 16.2 Å². The molecule has 2 rings (SSSR count). The number of carbonyl (C=O) groups is 1. The van der Waals surface area contributed by atoms with Crippen molar-refractivity contribution >= 4 is 40.5 Å². The maximum atomic E-state index is 12.0. The first kappa shape index (κ1) is 18.8. The number of carbonyl (C=O) groups excluding carboxylic acids is 1. The Kier molecular flexibility index (Phi) is 5.61. The number of nitrogen functional groups attached to an aromatic ring is 1. The lowest BCUT2D eigenvalue weighted by Crippen LogP contribution is -2.40. The lowest BCUT2D eigenvalue weighted by molar-refractivity contribution is 0.0660. The Hall–Kier alpha value is -1.52. The van der Waals surface area contributed by atoms with E-state index in [-0.39, 0.29) is 21.9 Å². The van der Waals surface area contributed by atoms with Gasteiger partial charge in [-0.2, -0.15) is 4.98 Å². The minimum absolute atomic E-state index is 0.108. The highest BCUT2D eigenvalue weighted by Crippen LogP contribution is 2.17. The summed E-state index contributed by atoms with van der Waals surface area (Å²) >= 11 is 1.79. The van der Waals surface area contributed by atoms with E-state index in [0.717, 1.165) is 4.57 Å². The van der Waals surface area contributed by atoms with Gasteiger partial charge in [-0.15, -0.1) is 0 Å². The van der Waals surface area contributed by atoms with Gasteiger partial charge in [0.25, 0.3) is 5.56 Å². The molecule has 1 aromatic heterocycles. The Bertz CT molecular complexity index is 683. The van der Waals surface area contributed by atoms with Crippen molar-refractivity contribution in [2.75, 3.05) is 36.8 Å². The molecule has 24 heavy (non-hydrogen) atoms. The maximum absolute atomic E-state index is 12.0. The molecule has 1 fully saturated rings. The lowest BCUT2D eigenvalue weighted by atomic mass is 10.2. The number of amides is 1. The molecule has 8 radical (unpaired) electrons. The van der Waals surface area contributed by atoms with Gasteiger partial charge in [0.15, 0.2) is 0 Å². The van der Waals surface area contributed by atoms with Gasteiger partial charge in [-0.25, -0.2) is 4.79 Å². The number of anilines is 2. The second-order valence-corrected chi connectivity index (χ2v) is 6.41. The standard InChI is InChI=1S/C15H16IN5O3/c1-15(2,3)24-14(23)21-7-5-6-20(8-9-21)13-18-11(17)10(16)12(22)19(13)4/h1-4H,5-9,17H2. The van der Waals surface area contributed by atoms with Crippen LogP contribution in [0.2, 0.25) is 0 Å². The average molecular weight is 441 g/mol. The molecule has 0 unspecified atom stereocenters. The third-order valence-electron chi connectivity index (χ3n) is 3.37. The molecule has 126 valence electrons. The summed E-state index contributed by atoms with van der Waals surface area (Å²) in [6.07, 6.45) is -0.131. The zero-order valence-electron chi connectivity index (χ0n) is 12.8. The summed E-state index contributed by atoms with van der Waals surface area (Å²) in [5.41, 5.74) is 3.27. The van der Waals surface area contributed by atoms with Crippen LogP contribution in [0.25, 0.3) is 0 Å². The largest absolute Gasteiger partial charge is 0.442 e. The summed E-state index contributed by atoms with van der Waals surface area (Å²) in [4.78, 5) is 31.3. The minimum atomic E-state index is -2.03. The number of rotatable bonds is 2. The Morgan fingerprint density at radius 2 is 1.92 bits per heavy atom. The van der Waals surface area contributed by atoms with Crippen molar-refractivity contribution in [2.24, 2.45) is 0 Å². The first-order valence-electron chi connectivity index (χ1n) is 7.02. The second kappa shape index (κ2) is 7.16. The van der Waals surface area contributed by atoms with E-state index in [1.165, 1.54) is 4.90 Å². The molecule has 1 amide bonds. The van der Waals surface area contributed by atoms with Gasteiger partial charge in [0.05, 0.1) is 7.05 Å². The number of nitrogens with two attached hydrogens (primary N) is 1. The van der Waals surface area contributed by atoms with Gasteiger partial charge in [0, 0.05) is 47.0 Å². The van der Waals surface area contributed by atoms with E-state index in [1.54, 1.807) is 27.5 Å². The van der Waals surface area contributed by atoms with Crippen molar-refractivity contribution in [3.05, 3.63) is 41.7 Å². The van der Waals surface area contributed by atoms with Gasteiger partial charge in [0.1, 0.15) is 15.0 Å². The smallest absolute Gasteiger partial charge is 0.410 e. The van der Waals surface area contributed by atoms with E-state index >= 15 is 0 Å². The topological polar surface area (TPSA) is 93.7 Å². The van der Waals surface area contributed by atoms with Crippen LogP contribution in [0.4, 0.5) is 16.6 Å². The van der Waals surface area contributed by atoms with Crippen LogP contribution in [0.1, 0.15) is 6.42 Å². The fourth-order valence-corrected chi connectivity index (χ4v) is 2.64. The monoisotopic (exact) mass is 441 g/mol. The molecule has 0 bridgehead atoms. The molecule has 9 heteroatoms. The summed E-state index contributed by atoms with van der Waals surface area (Å²) in [7, 11) is 5.80. The molecule has 0 spiro atoms. The fourth-order valence-electron chi connectivity index (χ4n) is 2.26. The van der Waals surface area contributed by atoms with E-state index in [2.05, 4.69) is 4.98 Å². The van der Waals surface area contributed by atoms with E-state index in [1.807, 2.05) is 0 Å². The molecule has 8 nitrogen and oxygen atoms in total. The number of aromatic nitrogens is 2. The first-order valence-corrected chi connectivity index (χ1v) is 8.10. The molecule has 1 aliphatic rings. The van der Waals surface area contributed by atoms with Crippen LogP contribution in [0, 0.1) is 31.4 Å². The fraction of sp³-hybridized carbons (Fsp3) is 0.400. The van der Waals surface area contributed by atoms with Gasteiger partial charge in [-0.3, -0.25) is 9.36 Å². The predicted octanol–water partition coefficient (Wildman–Crippen LogP) is 0.468. The Morgan fingerprint density at radius 3 is 2.54 bits per heavy atom. The van der Waals surface area contributed by atoms with Crippen molar-refractivity contribution in [1.29, 1.82) is 0 Å². The highest BCUT2D eigenvalue weighted by molar-refractivity contribution is 14.1. The average Bonchev–Trinajstić information content (AvgIpc) is 2.73. The molecule has 0 aromatic carbocycles. The number of nitrogens with zero attached hydrogens (tertiary/aromatic N) is 4. The van der Waals surface area contributed by atoms with Gasteiger partial charge in [0.2, 0.25) is 5.95 Å². The van der Waals surface area contributed by atoms with Crippen molar-refractivity contribution in [3.63, 3.8) is 0 Å². The third-order valence-corrected chi connectivity index (χ3v) is 4.38. The van der Waals surface area contributed by atoms with Gasteiger partial charge in [-0.05, 0) is 29.0 Å². The minimum Gasteiger partial charge on any atom is -0.442 e. The summed E-state index contributed by atoms with van der Waals surface area (Å²) in [5, 5.41) is 0. The number of hydrogen-bond acceptors (Lipinski definition) is 6. The first-order chi connectivity index (χ1) is 11.1. The molecule has 1 saturated heterocycles. The van der Waals surface area contributed by atoms with Crippen LogP contribution in [0.5, 0.6) is 0 Å². The number of hydrogen-bond donors (Lipinski definition) is 1. The normalized spacial score (nSPS) is 16.0. The molecule has 1 aliphatic heterocycles. The zero-order valence-corrected chi connectivity index (χ0v) is 15.0. The zero-order chi connectivity index (χ0) is 18.1. The van der Waals surface area contributed by atoms with Crippen LogP contribution in [-0.2, 0) is 4.74 Å². The highest BCUT2D eigenvalue weighted by Gasteiger charge is 2.26. The molecule has 0 atom stereocenters. The van der Waals surface area contributed by atoms with Crippen LogP contribution in [-0.4, -0.2) is 52.3 Å². The molecule has 1 aromatic rings. The van der Waals surface area contributed by atoms with Crippen LogP contribution >= 0.6 is 22.6 Å². The summed E-state index contributed by atoms with van der Waals surface area (Å²) in [6, 6.07) is 0. The van der Waals surface area contributed by atoms with Gasteiger partial charge < -0.3 is 20.3 Å². The maximum Gasteiger partial charge on any atom is 0.410 e. The van der Waals surface area contributed by atoms with Gasteiger partial charge in [-0.1, -0.05) is 0 Å². The van der Waals surface area contributed by atoms with Crippen molar-refractivity contribution in [3.8, 4) is 0 Å². The van der Waals surface area contributed by atoms with E-state index < -0.39 is 17.3 Å². The van der Waals surface area contributed by atoms with Crippen molar-refractivity contribution in [2.45, 2.75) is 12.0 Å². The third kappa shape index (κ3) is 4.31. The molecule has 0 saturated carbocycles. The van der Waals surface area contributed by atoms with Gasteiger partial charge >= 0.3 is 6.09 Å². The Morgan fingerprint density at radius 1 is 1.25 bits per heavy atom. The molecule has 2 heterocycles. The number of ether oxygens (including phenoxy) is 1. The summed E-state index contributed by atoms with van der Waals surface area (Å²) in [5.74, 6) is 0.343. The molecular formula is C15H16IN5O3. The van der Waals surface area contributed by atoms with E-state index in [0.29, 0.717) is 26.1 Å². The molecule has 2 N–H and O–H groups in total. The second-order valence-electron chi connectivity index (χ2n) is 5.34.